The van der Waals surface area contributed by atoms with Crippen molar-refractivity contribution in [2.45, 2.75) is 0 Å². The molecule has 0 bridgehead atoms. The molecule has 0 unspecified atom stereocenters. The SMILES string of the molecule is O=[N+]([O-])[O-].O=[N+]([O-])[O-].O=[N+]([O-])[O-].[Co+3].[NH2-].[NH2-].[NH2-].[NH2-].[NH2-].[NH2-]. The molecule has 0 aromatic carbocycles. The maximum absolute atomic E-state index is 8.25. The van der Waals surface area contributed by atoms with Crippen molar-refractivity contribution in [1.82, 2.24) is 0 Å². The Balaban J connectivity index is -0.00000000675. The predicted molar refractivity (Wildman–Crippen MR) is 62.8 cm³/mol. The molecule has 0 aliphatic carbocycles. The Morgan fingerprint density at radius 1 is 0.421 bits per heavy atom. The van der Waals surface area contributed by atoms with Crippen LogP contribution in [-0.4, -0.2) is 15.3 Å². The molecule has 12 N–H and O–H groups in total. The molecule has 19 heteroatoms. The van der Waals surface area contributed by atoms with Gasteiger partial charge in [-0.1, -0.05) is 0 Å². The Morgan fingerprint density at radius 2 is 0.421 bits per heavy atom. The molecule has 0 aliphatic heterocycles. The van der Waals surface area contributed by atoms with E-state index < -0.39 is 15.3 Å². The van der Waals surface area contributed by atoms with Crippen molar-refractivity contribution in [3.05, 3.63) is 82.9 Å². The van der Waals surface area contributed by atoms with Gasteiger partial charge >= 0.3 is 16.8 Å². The molecule has 0 rings (SSSR count). The summed E-state index contributed by atoms with van der Waals surface area (Å²) in [4.78, 5) is 24.8. The molecular formula is H12CoN9O9-6. The normalized spacial score (nSPS) is 3.79. The fourth-order valence-corrected chi connectivity index (χ4v) is 0. The van der Waals surface area contributed by atoms with Gasteiger partial charge in [-0.15, -0.1) is 0 Å². The van der Waals surface area contributed by atoms with E-state index in [9.17, 15) is 0 Å². The van der Waals surface area contributed by atoms with E-state index in [0.29, 0.717) is 0 Å². The maximum atomic E-state index is 8.25. The van der Waals surface area contributed by atoms with Crippen LogP contribution in [0.2, 0.25) is 0 Å². The second-order valence-electron chi connectivity index (χ2n) is 0.671. The summed E-state index contributed by atoms with van der Waals surface area (Å²) in [5.74, 6) is 0. The van der Waals surface area contributed by atoms with Crippen molar-refractivity contribution in [3.8, 4) is 0 Å². The van der Waals surface area contributed by atoms with E-state index in [1.165, 1.54) is 0 Å². The van der Waals surface area contributed by atoms with Crippen LogP contribution in [0.3, 0.4) is 0 Å². The minimum atomic E-state index is -1.75. The standard InChI is InChI=1S/Co.3NO3.6H2N/c;3*2-1(3)4;;;;;;/h;;;;6*1H2/q+3;9*-1. The zero-order valence-electron chi connectivity index (χ0n) is 8.81. The summed E-state index contributed by atoms with van der Waals surface area (Å²) in [6.07, 6.45) is 0. The largest absolute Gasteiger partial charge is 3.00 e. The van der Waals surface area contributed by atoms with Crippen LogP contribution in [-0.2, 0) is 16.8 Å². The summed E-state index contributed by atoms with van der Waals surface area (Å²) in [6.45, 7) is 0. The molecule has 0 radical (unpaired) electrons. The molecule has 18 nitrogen and oxygen atoms in total. The minimum absolute atomic E-state index is 0. The van der Waals surface area contributed by atoms with Crippen LogP contribution in [0.4, 0.5) is 0 Å². The van der Waals surface area contributed by atoms with E-state index in [0.717, 1.165) is 0 Å². The van der Waals surface area contributed by atoms with Crippen molar-refractivity contribution in [2.75, 3.05) is 0 Å². The van der Waals surface area contributed by atoms with Gasteiger partial charge < -0.3 is 82.9 Å². The molecule has 0 fully saturated rings. The molecule has 0 amide bonds. The summed E-state index contributed by atoms with van der Waals surface area (Å²) in [5, 5.41) is 44.2. The second-order valence-corrected chi connectivity index (χ2v) is 0.671. The van der Waals surface area contributed by atoms with Crippen LogP contribution in [0.25, 0.3) is 36.9 Å². The number of hydrogen-bond donors (Lipinski definition) is 0. The first kappa shape index (κ1) is 90.1. The summed E-state index contributed by atoms with van der Waals surface area (Å²) in [7, 11) is 0. The van der Waals surface area contributed by atoms with Gasteiger partial charge in [-0.3, -0.25) is 0 Å². The average Bonchev–Trinajstić information content (AvgIpc) is 1.54. The first-order chi connectivity index (χ1) is 5.20. The van der Waals surface area contributed by atoms with Gasteiger partial charge in [0.1, 0.15) is 0 Å². The Kier molecular flexibility index (Phi) is 353. The average molecular weight is 341 g/mol. The molecule has 0 saturated carbocycles. The van der Waals surface area contributed by atoms with E-state index >= 15 is 0 Å². The fourth-order valence-electron chi connectivity index (χ4n) is 0. The van der Waals surface area contributed by atoms with Crippen LogP contribution in [0.15, 0.2) is 0 Å². The number of nitrogens with two attached hydrogens (primary N) is 6. The monoisotopic (exact) mass is 341 g/mol. The molecule has 19 heavy (non-hydrogen) atoms. The Morgan fingerprint density at radius 3 is 0.421 bits per heavy atom. The molecule has 0 saturated heterocycles. The van der Waals surface area contributed by atoms with Gasteiger partial charge in [-0.2, -0.15) is 0 Å². The van der Waals surface area contributed by atoms with E-state index in [1.807, 2.05) is 0 Å². The van der Waals surface area contributed by atoms with Gasteiger partial charge in [-0.05, 0) is 0 Å². The van der Waals surface area contributed by atoms with Crippen molar-refractivity contribution in [2.24, 2.45) is 0 Å². The molecule has 126 valence electrons. The summed E-state index contributed by atoms with van der Waals surface area (Å²) < 4.78 is 0. The third-order valence-electron chi connectivity index (χ3n) is 0. The predicted octanol–water partition coefficient (Wildman–Crippen LogP) is 3.58. The van der Waals surface area contributed by atoms with E-state index in [4.69, 9.17) is 46.0 Å². The van der Waals surface area contributed by atoms with Crippen LogP contribution in [0.1, 0.15) is 0 Å². The van der Waals surface area contributed by atoms with E-state index in [-0.39, 0.29) is 53.7 Å². The van der Waals surface area contributed by atoms with Gasteiger partial charge in [0, 0.05) is 0 Å². The zero-order chi connectivity index (χ0) is 10.7. The quantitative estimate of drug-likeness (QED) is 0.457. The van der Waals surface area contributed by atoms with Crippen LogP contribution in [0.5, 0.6) is 0 Å². The molecule has 0 aromatic rings. The van der Waals surface area contributed by atoms with Crippen molar-refractivity contribution in [3.63, 3.8) is 0 Å². The van der Waals surface area contributed by atoms with Gasteiger partial charge in [0.2, 0.25) is 0 Å². The molecule has 0 atom stereocenters. The van der Waals surface area contributed by atoms with Crippen LogP contribution < -0.4 is 0 Å². The third-order valence-corrected chi connectivity index (χ3v) is 0. The van der Waals surface area contributed by atoms with Crippen molar-refractivity contribution in [1.29, 1.82) is 0 Å². The van der Waals surface area contributed by atoms with Crippen molar-refractivity contribution < 1.29 is 32.0 Å². The number of rotatable bonds is 0. The second kappa shape index (κ2) is 74.4. The maximum Gasteiger partial charge on any atom is 3.00 e. The fraction of sp³-hybridized carbons (Fsp3) is 0. The summed E-state index contributed by atoms with van der Waals surface area (Å²) in [5.41, 5.74) is 0. The Labute approximate surface area is 116 Å². The Bertz CT molecular complexity index is 121. The topological polar surface area (TPSA) is 400 Å². The van der Waals surface area contributed by atoms with Gasteiger partial charge in [0.15, 0.2) is 0 Å². The van der Waals surface area contributed by atoms with E-state index in [1.54, 1.807) is 0 Å². The number of hydrogen-bond acceptors (Lipinski definition) is 9. The molecule has 0 heterocycles. The van der Waals surface area contributed by atoms with Gasteiger partial charge in [-0.25, -0.2) is 0 Å². The van der Waals surface area contributed by atoms with Crippen LogP contribution >= 0.6 is 0 Å². The Hall–Kier alpha value is -2.13. The summed E-state index contributed by atoms with van der Waals surface area (Å²) in [6, 6.07) is 0. The molecular weight excluding hydrogens is 329 g/mol. The third kappa shape index (κ3) is 670. The first-order valence-electron chi connectivity index (χ1n) is 1.64. The van der Waals surface area contributed by atoms with Crippen molar-refractivity contribution >= 4 is 0 Å². The molecule has 0 spiro atoms. The first-order valence-corrected chi connectivity index (χ1v) is 1.64. The van der Waals surface area contributed by atoms with Gasteiger partial charge in [0.25, 0.3) is 0 Å². The van der Waals surface area contributed by atoms with Crippen LogP contribution in [0, 0.1) is 46.0 Å². The van der Waals surface area contributed by atoms with Gasteiger partial charge in [0.05, 0.1) is 15.3 Å². The molecule has 0 aliphatic rings. The summed E-state index contributed by atoms with van der Waals surface area (Å²) >= 11 is 0. The smallest absolute Gasteiger partial charge is 0.693 e. The number of nitrogens with zero attached hydrogens (tertiary/aromatic N) is 3. The molecule has 0 aromatic heterocycles. The zero-order valence-corrected chi connectivity index (χ0v) is 9.85. The minimum Gasteiger partial charge on any atom is -0.693 e. The van der Waals surface area contributed by atoms with E-state index in [2.05, 4.69) is 0 Å².